The Morgan fingerprint density at radius 1 is 1.75 bits per heavy atom. The van der Waals surface area contributed by atoms with E-state index in [1.807, 2.05) is 0 Å². The lowest BCUT2D eigenvalue weighted by Gasteiger charge is -2.13. The fraction of sp³-hybridized carbons (Fsp3) is 0.500. The van der Waals surface area contributed by atoms with Gasteiger partial charge in [0.15, 0.2) is 5.11 Å². The number of nitrogens with zero attached hydrogens (tertiary/aromatic N) is 2. The van der Waals surface area contributed by atoms with Crippen molar-refractivity contribution in [2.24, 2.45) is 0 Å². The van der Waals surface area contributed by atoms with E-state index in [9.17, 15) is 9.59 Å². The van der Waals surface area contributed by atoms with Crippen LogP contribution in [-0.2, 0) is 9.59 Å². The summed E-state index contributed by atoms with van der Waals surface area (Å²) in [5.41, 5.74) is 0. The van der Waals surface area contributed by atoms with Crippen LogP contribution in [0.25, 0.3) is 0 Å². The quantitative estimate of drug-likeness (QED) is 0.571. The Hall–Kier alpha value is -1.17. The minimum absolute atomic E-state index is 0.173. The third-order valence-corrected chi connectivity index (χ3v) is 2.06. The zero-order chi connectivity index (χ0) is 9.30. The summed E-state index contributed by atoms with van der Waals surface area (Å²) in [7, 11) is 1.65. The number of hydrogen-bond acceptors (Lipinski definition) is 3. The van der Waals surface area contributed by atoms with Crippen molar-refractivity contribution in [1.29, 1.82) is 0 Å². The van der Waals surface area contributed by atoms with E-state index in [1.165, 1.54) is 0 Å². The van der Waals surface area contributed by atoms with Crippen molar-refractivity contribution in [1.82, 2.24) is 9.80 Å². The second kappa shape index (κ2) is 3.06. The van der Waals surface area contributed by atoms with E-state index in [0.717, 1.165) is 4.90 Å². The third-order valence-electron chi connectivity index (χ3n) is 1.52. The van der Waals surface area contributed by atoms with Gasteiger partial charge in [0.25, 0.3) is 0 Å². The number of thiocarbonyl (C=S) groups is 1. The van der Waals surface area contributed by atoms with Crippen molar-refractivity contribution in [3.05, 3.63) is 0 Å². The number of carbonyl (C=O) groups is 2. The highest BCUT2D eigenvalue weighted by Gasteiger charge is 2.31. The van der Waals surface area contributed by atoms with Crippen molar-refractivity contribution in [2.45, 2.75) is 0 Å². The molecule has 1 aliphatic rings. The molecule has 12 heavy (non-hydrogen) atoms. The smallest absolute Gasteiger partial charge is 0.323 e. The molecule has 6 heteroatoms. The Morgan fingerprint density at radius 3 is 2.67 bits per heavy atom. The van der Waals surface area contributed by atoms with E-state index in [1.54, 1.807) is 11.9 Å². The zero-order valence-corrected chi connectivity index (χ0v) is 7.30. The van der Waals surface area contributed by atoms with Crippen LogP contribution in [0.5, 0.6) is 0 Å². The van der Waals surface area contributed by atoms with E-state index in [-0.39, 0.29) is 24.1 Å². The van der Waals surface area contributed by atoms with Crippen molar-refractivity contribution in [3.63, 3.8) is 0 Å². The minimum atomic E-state index is -1.05. The van der Waals surface area contributed by atoms with Gasteiger partial charge >= 0.3 is 5.97 Å². The molecule has 1 amide bonds. The molecule has 0 saturated carbocycles. The molecule has 0 aromatic carbocycles. The van der Waals surface area contributed by atoms with Crippen LogP contribution >= 0.6 is 12.2 Å². The van der Waals surface area contributed by atoms with Crippen LogP contribution in [0.15, 0.2) is 0 Å². The van der Waals surface area contributed by atoms with Gasteiger partial charge in [-0.1, -0.05) is 0 Å². The van der Waals surface area contributed by atoms with Gasteiger partial charge < -0.3 is 10.0 Å². The lowest BCUT2D eigenvalue weighted by molar-refractivity contribution is -0.140. The summed E-state index contributed by atoms with van der Waals surface area (Å²) in [5, 5.41) is 8.70. The topological polar surface area (TPSA) is 60.9 Å². The lowest BCUT2D eigenvalue weighted by atomic mass is 10.5. The van der Waals surface area contributed by atoms with Crippen molar-refractivity contribution in [3.8, 4) is 0 Å². The number of rotatable bonds is 2. The highest BCUT2D eigenvalue weighted by atomic mass is 32.1. The Bertz CT molecular complexity index is 253. The number of aliphatic carboxylic acids is 1. The fourth-order valence-corrected chi connectivity index (χ4v) is 1.19. The first kappa shape index (κ1) is 8.92. The number of carboxylic acids is 1. The largest absolute Gasteiger partial charge is 0.480 e. The summed E-state index contributed by atoms with van der Waals surface area (Å²) in [6.07, 6.45) is 0. The van der Waals surface area contributed by atoms with Gasteiger partial charge in [-0.3, -0.25) is 14.5 Å². The molecule has 1 N–H and O–H groups in total. The average molecular weight is 188 g/mol. The van der Waals surface area contributed by atoms with E-state index >= 15 is 0 Å². The van der Waals surface area contributed by atoms with Gasteiger partial charge in [-0.05, 0) is 12.2 Å². The van der Waals surface area contributed by atoms with Crippen molar-refractivity contribution >= 4 is 29.2 Å². The van der Waals surface area contributed by atoms with Crippen LogP contribution in [0.4, 0.5) is 0 Å². The molecule has 1 fully saturated rings. The number of carboxylic acid groups (broad SMARTS) is 1. The van der Waals surface area contributed by atoms with Crippen LogP contribution in [0.1, 0.15) is 0 Å². The molecule has 1 heterocycles. The molecular weight excluding hydrogens is 180 g/mol. The van der Waals surface area contributed by atoms with Gasteiger partial charge in [0.05, 0.1) is 6.54 Å². The lowest BCUT2D eigenvalue weighted by Crippen LogP contribution is -2.35. The Balaban J connectivity index is 2.70. The monoisotopic (exact) mass is 188 g/mol. The first-order chi connectivity index (χ1) is 5.52. The first-order valence-corrected chi connectivity index (χ1v) is 3.70. The molecule has 0 aliphatic carbocycles. The van der Waals surface area contributed by atoms with Gasteiger partial charge in [0.1, 0.15) is 6.54 Å². The number of carbonyl (C=O) groups excluding carboxylic acids is 1. The second-order valence-electron chi connectivity index (χ2n) is 2.51. The van der Waals surface area contributed by atoms with Crippen LogP contribution < -0.4 is 0 Å². The molecule has 1 aliphatic heterocycles. The maximum atomic E-state index is 11.1. The van der Waals surface area contributed by atoms with E-state index in [2.05, 4.69) is 0 Å². The molecule has 5 nitrogen and oxygen atoms in total. The molecule has 66 valence electrons. The average Bonchev–Trinajstić information content (AvgIpc) is 2.16. The molecule has 0 unspecified atom stereocenters. The molecule has 0 aromatic heterocycles. The number of likely N-dealkylation sites (N-methyl/N-ethyl adjacent to an activating group) is 1. The summed E-state index contributed by atoms with van der Waals surface area (Å²) in [6, 6.07) is 0. The van der Waals surface area contributed by atoms with E-state index in [4.69, 9.17) is 17.3 Å². The highest BCUT2D eigenvalue weighted by molar-refractivity contribution is 7.80. The first-order valence-electron chi connectivity index (χ1n) is 3.29. The summed E-state index contributed by atoms with van der Waals surface area (Å²) in [5.74, 6) is -1.31. The van der Waals surface area contributed by atoms with Gasteiger partial charge in [-0.25, -0.2) is 0 Å². The normalized spacial score (nSPS) is 17.4. The van der Waals surface area contributed by atoms with Gasteiger partial charge in [0.2, 0.25) is 5.91 Å². The predicted octanol–water partition coefficient (Wildman–Crippen LogP) is -0.870. The molecule has 0 spiro atoms. The van der Waals surface area contributed by atoms with Crippen LogP contribution in [-0.4, -0.2) is 52.0 Å². The third kappa shape index (κ3) is 1.53. The van der Waals surface area contributed by atoms with Crippen molar-refractivity contribution < 1.29 is 14.7 Å². The number of hydrogen-bond donors (Lipinski definition) is 1. The van der Waals surface area contributed by atoms with Crippen LogP contribution in [0.3, 0.4) is 0 Å². The SMILES string of the molecule is CN1CC(=O)N(CC(=O)O)C1=S. The van der Waals surface area contributed by atoms with E-state index in [0.29, 0.717) is 0 Å². The van der Waals surface area contributed by atoms with Gasteiger partial charge in [-0.15, -0.1) is 0 Å². The fourth-order valence-electron chi connectivity index (χ4n) is 0.960. The maximum Gasteiger partial charge on any atom is 0.323 e. The van der Waals surface area contributed by atoms with E-state index < -0.39 is 5.97 Å². The summed E-state index contributed by atoms with van der Waals surface area (Å²) >= 11 is 4.83. The summed E-state index contributed by atoms with van der Waals surface area (Å²) in [4.78, 5) is 24.0. The number of amides is 1. The van der Waals surface area contributed by atoms with Gasteiger partial charge in [0, 0.05) is 7.05 Å². The van der Waals surface area contributed by atoms with Gasteiger partial charge in [-0.2, -0.15) is 0 Å². The second-order valence-corrected chi connectivity index (χ2v) is 2.88. The summed E-state index contributed by atoms with van der Waals surface area (Å²) in [6.45, 7) is -0.173. The molecule has 0 radical (unpaired) electrons. The predicted molar refractivity (Wildman–Crippen MR) is 44.6 cm³/mol. The molecule has 0 bridgehead atoms. The van der Waals surface area contributed by atoms with Crippen LogP contribution in [0, 0.1) is 0 Å². The standard InChI is InChI=1S/C6H8N2O3S/c1-7-2-4(9)8(6(7)12)3-5(10)11/h2-3H2,1H3,(H,10,11). The Kier molecular flexibility index (Phi) is 2.27. The highest BCUT2D eigenvalue weighted by Crippen LogP contribution is 2.07. The molecule has 1 saturated heterocycles. The van der Waals surface area contributed by atoms with Crippen molar-refractivity contribution in [2.75, 3.05) is 20.1 Å². The minimum Gasteiger partial charge on any atom is -0.480 e. The Labute approximate surface area is 74.6 Å². The zero-order valence-electron chi connectivity index (χ0n) is 6.48. The molecular formula is C6H8N2O3S. The van der Waals surface area contributed by atoms with Crippen LogP contribution in [0.2, 0.25) is 0 Å². The molecule has 0 aromatic rings. The Morgan fingerprint density at radius 2 is 2.33 bits per heavy atom. The summed E-state index contributed by atoms with van der Waals surface area (Å²) < 4.78 is 0. The maximum absolute atomic E-state index is 11.1. The molecule has 1 rings (SSSR count). The molecule has 0 atom stereocenters.